The molecule has 3 aromatic rings. The van der Waals surface area contributed by atoms with E-state index in [1.165, 1.54) is 18.5 Å². The molecule has 1 aromatic heterocycles. The minimum Gasteiger partial charge on any atom is -0.493 e. The maximum atomic E-state index is 13.4. The first-order valence-corrected chi connectivity index (χ1v) is 8.45. The van der Waals surface area contributed by atoms with Crippen molar-refractivity contribution in [3.05, 3.63) is 47.5 Å². The summed E-state index contributed by atoms with van der Waals surface area (Å²) < 4.78 is 29.5. The van der Waals surface area contributed by atoms with Crippen LogP contribution in [0.25, 0.3) is 10.9 Å². The van der Waals surface area contributed by atoms with E-state index in [1.54, 1.807) is 25.3 Å². The predicted octanol–water partition coefficient (Wildman–Crippen LogP) is 3.49. The van der Waals surface area contributed by atoms with Crippen molar-refractivity contribution in [1.29, 1.82) is 0 Å². The van der Waals surface area contributed by atoms with Crippen molar-refractivity contribution in [2.45, 2.75) is 0 Å². The Hall–Kier alpha value is -2.68. The van der Waals surface area contributed by atoms with Crippen LogP contribution in [-0.2, 0) is 4.74 Å². The minimum absolute atomic E-state index is 0.0197. The standard InChI is InChI=1S/C18H18ClFN4O3/c1-25-16-7-12-15(8-17(16)27-5-4-26-9-21)22-10-23-18(12)24-11-2-3-14(20)13(19)6-11/h2-3,6-8,10H,4-5,9,21H2,1H3,(H,22,23,24). The summed E-state index contributed by atoms with van der Waals surface area (Å²) in [5, 5.41) is 3.84. The second-order valence-electron chi connectivity index (χ2n) is 5.42. The van der Waals surface area contributed by atoms with Crippen molar-refractivity contribution >= 4 is 34.0 Å². The lowest BCUT2D eigenvalue weighted by atomic mass is 10.2. The van der Waals surface area contributed by atoms with E-state index in [2.05, 4.69) is 15.3 Å². The molecule has 1 heterocycles. The van der Waals surface area contributed by atoms with Gasteiger partial charge in [0.05, 0.1) is 31.0 Å². The zero-order valence-corrected chi connectivity index (χ0v) is 15.3. The Labute approximate surface area is 160 Å². The topological polar surface area (TPSA) is 91.5 Å². The summed E-state index contributed by atoms with van der Waals surface area (Å²) in [5.41, 5.74) is 6.53. The molecule has 2 aromatic carbocycles. The number of nitrogens with two attached hydrogens (primary N) is 1. The molecule has 0 saturated carbocycles. The van der Waals surface area contributed by atoms with Crippen LogP contribution in [0.15, 0.2) is 36.7 Å². The van der Waals surface area contributed by atoms with E-state index >= 15 is 0 Å². The summed E-state index contributed by atoms with van der Waals surface area (Å²) in [6.07, 6.45) is 1.42. The van der Waals surface area contributed by atoms with Crippen LogP contribution in [0, 0.1) is 5.82 Å². The molecule has 0 atom stereocenters. The zero-order valence-electron chi connectivity index (χ0n) is 14.5. The SMILES string of the molecule is COc1cc2c(Nc3ccc(F)c(Cl)c3)ncnc2cc1OCCOCN. The van der Waals surface area contributed by atoms with Gasteiger partial charge < -0.3 is 25.3 Å². The molecule has 0 unspecified atom stereocenters. The number of hydrogen-bond donors (Lipinski definition) is 2. The Balaban J connectivity index is 1.91. The number of nitrogens with zero attached hydrogens (tertiary/aromatic N) is 2. The maximum absolute atomic E-state index is 13.4. The van der Waals surface area contributed by atoms with Gasteiger partial charge >= 0.3 is 0 Å². The van der Waals surface area contributed by atoms with E-state index in [4.69, 9.17) is 31.5 Å². The first kappa shape index (κ1) is 19.1. The van der Waals surface area contributed by atoms with Gasteiger partial charge in [-0.1, -0.05) is 11.6 Å². The highest BCUT2D eigenvalue weighted by atomic mass is 35.5. The first-order valence-electron chi connectivity index (χ1n) is 8.08. The molecule has 0 aliphatic heterocycles. The highest BCUT2D eigenvalue weighted by Gasteiger charge is 2.12. The summed E-state index contributed by atoms with van der Waals surface area (Å²) in [4.78, 5) is 8.53. The van der Waals surface area contributed by atoms with Crippen molar-refractivity contribution in [2.75, 3.05) is 32.4 Å². The van der Waals surface area contributed by atoms with Crippen LogP contribution >= 0.6 is 11.6 Å². The van der Waals surface area contributed by atoms with Gasteiger partial charge in [0.15, 0.2) is 11.5 Å². The zero-order chi connectivity index (χ0) is 19.2. The fraction of sp³-hybridized carbons (Fsp3) is 0.222. The van der Waals surface area contributed by atoms with Crippen molar-refractivity contribution in [2.24, 2.45) is 5.73 Å². The summed E-state index contributed by atoms with van der Waals surface area (Å²) in [5.74, 6) is 1.08. The Bertz CT molecular complexity index is 942. The molecule has 27 heavy (non-hydrogen) atoms. The number of anilines is 2. The normalized spacial score (nSPS) is 10.8. The number of halogens is 2. The van der Waals surface area contributed by atoms with Crippen LogP contribution in [-0.4, -0.2) is 37.0 Å². The van der Waals surface area contributed by atoms with Crippen LogP contribution < -0.4 is 20.5 Å². The van der Waals surface area contributed by atoms with Gasteiger partial charge in [-0.2, -0.15) is 0 Å². The minimum atomic E-state index is -0.489. The van der Waals surface area contributed by atoms with E-state index in [0.29, 0.717) is 47.1 Å². The number of aromatic nitrogens is 2. The molecule has 0 aliphatic carbocycles. The lowest BCUT2D eigenvalue weighted by Crippen LogP contribution is -2.12. The summed E-state index contributed by atoms with van der Waals surface area (Å²) >= 11 is 5.84. The van der Waals surface area contributed by atoms with E-state index in [9.17, 15) is 4.39 Å². The molecule has 7 nitrogen and oxygen atoms in total. The third kappa shape index (κ3) is 4.54. The number of rotatable bonds is 8. The predicted molar refractivity (Wildman–Crippen MR) is 101 cm³/mol. The van der Waals surface area contributed by atoms with Crippen molar-refractivity contribution < 1.29 is 18.6 Å². The second kappa shape index (κ2) is 8.81. The Kier molecular flexibility index (Phi) is 6.23. The van der Waals surface area contributed by atoms with Crippen LogP contribution in [0.2, 0.25) is 5.02 Å². The van der Waals surface area contributed by atoms with Gasteiger partial charge in [-0.05, 0) is 24.3 Å². The molecule has 142 valence electrons. The van der Waals surface area contributed by atoms with Gasteiger partial charge in [0.1, 0.15) is 24.6 Å². The monoisotopic (exact) mass is 392 g/mol. The van der Waals surface area contributed by atoms with Gasteiger partial charge in [0.25, 0.3) is 0 Å². The lowest BCUT2D eigenvalue weighted by Gasteiger charge is -2.14. The lowest BCUT2D eigenvalue weighted by molar-refractivity contribution is 0.104. The molecule has 0 spiro atoms. The van der Waals surface area contributed by atoms with Gasteiger partial charge in [-0.25, -0.2) is 14.4 Å². The average molecular weight is 393 g/mol. The number of benzene rings is 2. The third-order valence-electron chi connectivity index (χ3n) is 3.71. The van der Waals surface area contributed by atoms with Crippen LogP contribution in [0.5, 0.6) is 11.5 Å². The van der Waals surface area contributed by atoms with Crippen molar-refractivity contribution in [3.8, 4) is 11.5 Å². The number of fused-ring (bicyclic) bond motifs is 1. The highest BCUT2D eigenvalue weighted by molar-refractivity contribution is 6.31. The highest BCUT2D eigenvalue weighted by Crippen LogP contribution is 2.35. The Morgan fingerprint density at radius 2 is 2.00 bits per heavy atom. The summed E-state index contributed by atoms with van der Waals surface area (Å²) in [7, 11) is 1.54. The fourth-order valence-electron chi connectivity index (χ4n) is 2.44. The molecule has 3 N–H and O–H groups in total. The third-order valence-corrected chi connectivity index (χ3v) is 4.00. The molecular formula is C18H18ClFN4O3. The molecule has 0 radical (unpaired) electrons. The van der Waals surface area contributed by atoms with Crippen LogP contribution in [0.3, 0.4) is 0 Å². The molecule has 0 amide bonds. The number of nitrogens with one attached hydrogen (secondary N) is 1. The summed E-state index contributed by atoms with van der Waals surface area (Å²) in [6, 6.07) is 7.85. The quantitative estimate of drug-likeness (QED) is 0.448. The van der Waals surface area contributed by atoms with Gasteiger partial charge in [0.2, 0.25) is 0 Å². The number of methoxy groups -OCH3 is 1. The summed E-state index contributed by atoms with van der Waals surface area (Å²) in [6.45, 7) is 0.816. The van der Waals surface area contributed by atoms with Gasteiger partial charge in [0, 0.05) is 17.1 Å². The van der Waals surface area contributed by atoms with E-state index in [1.807, 2.05) is 0 Å². The molecule has 3 rings (SSSR count). The number of ether oxygens (including phenoxy) is 3. The van der Waals surface area contributed by atoms with Crippen LogP contribution in [0.1, 0.15) is 0 Å². The number of hydrogen-bond acceptors (Lipinski definition) is 7. The maximum Gasteiger partial charge on any atom is 0.163 e. The molecule has 0 fully saturated rings. The molecule has 0 aliphatic rings. The van der Waals surface area contributed by atoms with E-state index < -0.39 is 5.82 Å². The second-order valence-corrected chi connectivity index (χ2v) is 5.83. The Morgan fingerprint density at radius 3 is 2.74 bits per heavy atom. The molecule has 0 bridgehead atoms. The van der Waals surface area contributed by atoms with Crippen molar-refractivity contribution in [1.82, 2.24) is 9.97 Å². The smallest absolute Gasteiger partial charge is 0.163 e. The van der Waals surface area contributed by atoms with E-state index in [-0.39, 0.29) is 11.8 Å². The molecular weight excluding hydrogens is 375 g/mol. The molecule has 0 saturated heterocycles. The van der Waals surface area contributed by atoms with Crippen molar-refractivity contribution in [3.63, 3.8) is 0 Å². The van der Waals surface area contributed by atoms with E-state index in [0.717, 1.165) is 0 Å². The van der Waals surface area contributed by atoms with Gasteiger partial charge in [-0.3, -0.25) is 0 Å². The molecule has 9 heteroatoms. The fourth-order valence-corrected chi connectivity index (χ4v) is 2.62. The van der Waals surface area contributed by atoms with Gasteiger partial charge in [-0.15, -0.1) is 0 Å². The Morgan fingerprint density at radius 1 is 1.15 bits per heavy atom. The average Bonchev–Trinajstić information content (AvgIpc) is 2.68. The van der Waals surface area contributed by atoms with Crippen LogP contribution in [0.4, 0.5) is 15.9 Å². The largest absolute Gasteiger partial charge is 0.493 e. The first-order chi connectivity index (χ1) is 13.1.